The Morgan fingerprint density at radius 2 is 1.74 bits per heavy atom. The topological polar surface area (TPSA) is 54.9 Å². The van der Waals surface area contributed by atoms with Crippen molar-refractivity contribution in [2.24, 2.45) is 0 Å². The van der Waals surface area contributed by atoms with Crippen molar-refractivity contribution >= 4 is 22.6 Å². The van der Waals surface area contributed by atoms with Crippen molar-refractivity contribution in [3.8, 4) is 0 Å². The van der Waals surface area contributed by atoms with Gasteiger partial charge in [-0.25, -0.2) is 9.97 Å². The molecule has 0 atom stereocenters. The van der Waals surface area contributed by atoms with Gasteiger partial charge in [0.15, 0.2) is 5.65 Å². The maximum Gasteiger partial charge on any atom is 0.274 e. The summed E-state index contributed by atoms with van der Waals surface area (Å²) in [6, 6.07) is 15.2. The van der Waals surface area contributed by atoms with Crippen LogP contribution in [-0.2, 0) is 5.41 Å². The highest BCUT2D eigenvalue weighted by Gasteiger charge is 2.14. The number of hydrogen-bond acceptors (Lipinski definition) is 3. The Balaban J connectivity index is 1.80. The summed E-state index contributed by atoms with van der Waals surface area (Å²) in [6.45, 7) is 6.48. The summed E-state index contributed by atoms with van der Waals surface area (Å²) in [5, 5.41) is 3.79. The number of nitrogens with one attached hydrogen (secondary N) is 1. The van der Waals surface area contributed by atoms with E-state index in [0.29, 0.717) is 11.3 Å². The molecule has 2 heterocycles. The monoisotopic (exact) mass is 305 g/mol. The highest BCUT2D eigenvalue weighted by molar-refractivity contribution is 6.03. The number of nitrogens with zero attached hydrogens (tertiary/aromatic N) is 2. The molecule has 0 bridgehead atoms. The summed E-state index contributed by atoms with van der Waals surface area (Å²) in [4.78, 5) is 20.8. The lowest BCUT2D eigenvalue weighted by Gasteiger charge is -2.19. The van der Waals surface area contributed by atoms with Gasteiger partial charge in [0.25, 0.3) is 5.91 Å². The summed E-state index contributed by atoms with van der Waals surface area (Å²) in [5.41, 5.74) is 3.00. The number of benzene rings is 1. The van der Waals surface area contributed by atoms with Crippen LogP contribution in [0.25, 0.3) is 11.0 Å². The summed E-state index contributed by atoms with van der Waals surface area (Å²) >= 11 is 0. The van der Waals surface area contributed by atoms with Gasteiger partial charge >= 0.3 is 0 Å². The van der Waals surface area contributed by atoms with Crippen LogP contribution in [0.2, 0.25) is 0 Å². The Kier molecular flexibility index (Phi) is 3.82. The first-order valence-corrected chi connectivity index (χ1v) is 7.57. The lowest BCUT2D eigenvalue weighted by Crippen LogP contribution is -2.15. The van der Waals surface area contributed by atoms with Crippen molar-refractivity contribution in [1.82, 2.24) is 9.97 Å². The SMILES string of the molecule is CC(C)(C)c1ccc(NC(=O)c2ccc3cccnc3n2)cc1. The normalized spacial score (nSPS) is 11.4. The van der Waals surface area contributed by atoms with Gasteiger partial charge in [-0.3, -0.25) is 4.79 Å². The van der Waals surface area contributed by atoms with Gasteiger partial charge in [-0.2, -0.15) is 0 Å². The Bertz CT molecular complexity index is 848. The minimum absolute atomic E-state index is 0.0914. The summed E-state index contributed by atoms with van der Waals surface area (Å²) < 4.78 is 0. The molecule has 3 rings (SSSR count). The van der Waals surface area contributed by atoms with Gasteiger partial charge < -0.3 is 5.32 Å². The quantitative estimate of drug-likeness (QED) is 0.772. The molecule has 0 fully saturated rings. The first-order valence-electron chi connectivity index (χ1n) is 7.57. The van der Waals surface area contributed by atoms with Gasteiger partial charge in [-0.05, 0) is 47.4 Å². The summed E-state index contributed by atoms with van der Waals surface area (Å²) in [7, 11) is 0. The molecule has 0 unspecified atom stereocenters. The van der Waals surface area contributed by atoms with E-state index in [0.717, 1.165) is 11.1 Å². The predicted octanol–water partition coefficient (Wildman–Crippen LogP) is 4.18. The zero-order chi connectivity index (χ0) is 16.4. The first-order chi connectivity index (χ1) is 10.9. The molecule has 4 heteroatoms. The van der Waals surface area contributed by atoms with Crippen molar-refractivity contribution in [3.05, 3.63) is 66.0 Å². The van der Waals surface area contributed by atoms with Crippen LogP contribution in [0.4, 0.5) is 5.69 Å². The van der Waals surface area contributed by atoms with Gasteiger partial charge in [0, 0.05) is 17.3 Å². The fourth-order valence-electron chi connectivity index (χ4n) is 2.33. The third-order valence-corrected chi connectivity index (χ3v) is 3.71. The van der Waals surface area contributed by atoms with Crippen molar-refractivity contribution in [1.29, 1.82) is 0 Å². The van der Waals surface area contributed by atoms with Crippen molar-refractivity contribution in [2.75, 3.05) is 5.32 Å². The maximum atomic E-state index is 12.3. The molecule has 2 aromatic heterocycles. The average molecular weight is 305 g/mol. The minimum atomic E-state index is -0.235. The van der Waals surface area contributed by atoms with Gasteiger partial charge in [0.1, 0.15) is 5.69 Å². The van der Waals surface area contributed by atoms with Crippen LogP contribution in [-0.4, -0.2) is 15.9 Å². The molecular weight excluding hydrogens is 286 g/mol. The Morgan fingerprint density at radius 3 is 2.43 bits per heavy atom. The molecule has 4 nitrogen and oxygen atoms in total. The van der Waals surface area contributed by atoms with Crippen molar-refractivity contribution < 1.29 is 4.79 Å². The van der Waals surface area contributed by atoms with Gasteiger partial charge in [0.2, 0.25) is 0 Å². The van der Waals surface area contributed by atoms with Crippen LogP contribution in [0.3, 0.4) is 0 Å². The predicted molar refractivity (Wildman–Crippen MR) is 92.6 cm³/mol. The van der Waals surface area contributed by atoms with Crippen LogP contribution < -0.4 is 5.32 Å². The van der Waals surface area contributed by atoms with E-state index in [-0.39, 0.29) is 11.3 Å². The number of rotatable bonds is 2. The number of fused-ring (bicyclic) bond motifs is 1. The Morgan fingerprint density at radius 1 is 1.00 bits per heavy atom. The molecule has 23 heavy (non-hydrogen) atoms. The van der Waals surface area contributed by atoms with Crippen molar-refractivity contribution in [3.63, 3.8) is 0 Å². The summed E-state index contributed by atoms with van der Waals surface area (Å²) in [5.74, 6) is -0.235. The molecule has 0 saturated carbocycles. The van der Waals surface area contributed by atoms with Gasteiger partial charge in [-0.15, -0.1) is 0 Å². The van der Waals surface area contributed by atoms with E-state index in [2.05, 4.69) is 36.1 Å². The van der Waals surface area contributed by atoms with Gasteiger partial charge in [0.05, 0.1) is 0 Å². The fraction of sp³-hybridized carbons (Fsp3) is 0.211. The first kappa shape index (κ1) is 15.2. The molecule has 0 aliphatic rings. The molecule has 1 amide bonds. The fourth-order valence-corrected chi connectivity index (χ4v) is 2.33. The number of carbonyl (C=O) groups excluding carboxylic acids is 1. The second-order valence-corrected chi connectivity index (χ2v) is 6.53. The third kappa shape index (κ3) is 3.37. The average Bonchev–Trinajstić information content (AvgIpc) is 2.54. The van der Waals surface area contributed by atoms with E-state index in [9.17, 15) is 4.79 Å². The number of pyridine rings is 2. The van der Waals surface area contributed by atoms with Crippen LogP contribution in [0, 0.1) is 0 Å². The molecule has 0 saturated heterocycles. The van der Waals surface area contributed by atoms with E-state index in [4.69, 9.17) is 0 Å². The van der Waals surface area contributed by atoms with Crippen molar-refractivity contribution in [2.45, 2.75) is 26.2 Å². The van der Waals surface area contributed by atoms with Crippen LogP contribution in [0.5, 0.6) is 0 Å². The Labute approximate surface area is 135 Å². The largest absolute Gasteiger partial charge is 0.321 e. The van der Waals surface area contributed by atoms with E-state index in [1.54, 1.807) is 12.3 Å². The molecule has 0 aliphatic heterocycles. The number of aromatic nitrogens is 2. The molecule has 0 spiro atoms. The maximum absolute atomic E-state index is 12.3. The summed E-state index contributed by atoms with van der Waals surface area (Å²) in [6.07, 6.45) is 1.67. The molecule has 1 N–H and O–H groups in total. The highest BCUT2D eigenvalue weighted by atomic mass is 16.1. The number of amides is 1. The van der Waals surface area contributed by atoms with E-state index < -0.39 is 0 Å². The van der Waals surface area contributed by atoms with Crippen LogP contribution in [0.15, 0.2) is 54.7 Å². The second kappa shape index (κ2) is 5.80. The van der Waals surface area contributed by atoms with E-state index in [1.807, 2.05) is 42.5 Å². The third-order valence-electron chi connectivity index (χ3n) is 3.71. The van der Waals surface area contributed by atoms with Crippen LogP contribution >= 0.6 is 0 Å². The zero-order valence-corrected chi connectivity index (χ0v) is 13.5. The molecule has 3 aromatic rings. The smallest absolute Gasteiger partial charge is 0.274 e. The van der Waals surface area contributed by atoms with Gasteiger partial charge in [-0.1, -0.05) is 32.9 Å². The second-order valence-electron chi connectivity index (χ2n) is 6.53. The number of anilines is 1. The highest BCUT2D eigenvalue weighted by Crippen LogP contribution is 2.23. The number of hydrogen-bond donors (Lipinski definition) is 1. The zero-order valence-electron chi connectivity index (χ0n) is 13.5. The molecule has 0 aliphatic carbocycles. The minimum Gasteiger partial charge on any atom is -0.321 e. The molecule has 1 aromatic carbocycles. The van der Waals surface area contributed by atoms with E-state index >= 15 is 0 Å². The Hall–Kier alpha value is -2.75. The standard InChI is InChI=1S/C19H19N3O/c1-19(2,3)14-7-9-15(10-8-14)21-18(23)16-11-6-13-5-4-12-20-17(13)22-16/h4-12H,1-3H3,(H,21,23). The lowest BCUT2D eigenvalue weighted by atomic mass is 9.87. The number of carbonyl (C=O) groups is 1. The van der Waals surface area contributed by atoms with Crippen LogP contribution in [0.1, 0.15) is 36.8 Å². The van der Waals surface area contributed by atoms with E-state index in [1.165, 1.54) is 5.56 Å². The molecule has 116 valence electrons. The lowest BCUT2D eigenvalue weighted by molar-refractivity contribution is 0.102. The molecular formula is C19H19N3O. The molecule has 0 radical (unpaired) electrons.